The molecule has 2 aliphatic heterocycles. The fourth-order valence-corrected chi connectivity index (χ4v) is 4.09. The van der Waals surface area contributed by atoms with Crippen LogP contribution in [0.15, 0.2) is 48.5 Å². The van der Waals surface area contributed by atoms with E-state index in [0.29, 0.717) is 30.2 Å². The Morgan fingerprint density at radius 2 is 1.52 bits per heavy atom. The van der Waals surface area contributed by atoms with Crippen LogP contribution in [0.5, 0.6) is 11.5 Å². The van der Waals surface area contributed by atoms with Crippen LogP contribution in [-0.4, -0.2) is 60.5 Å². The summed E-state index contributed by atoms with van der Waals surface area (Å²) in [6.45, 7) is 2.63. The number of amides is 2. The number of halogens is 1. The van der Waals surface area contributed by atoms with Crippen molar-refractivity contribution in [2.24, 2.45) is 0 Å². The van der Waals surface area contributed by atoms with Gasteiger partial charge >= 0.3 is 0 Å². The third-order valence-corrected chi connectivity index (χ3v) is 5.81. The standard InChI is InChI=1S/C24H27FN2O4/c25-19-7-11-22(12-8-19)31-17-23(28)27-15-3-4-20(27)16-30-21-9-5-18(6-10-21)24(29)26-13-1-2-14-26/h5-12,20H,1-4,13-17H2/t20-/m0/s1. The molecule has 0 saturated carbocycles. The Kier molecular flexibility index (Phi) is 6.70. The van der Waals surface area contributed by atoms with Gasteiger partial charge in [-0.15, -0.1) is 0 Å². The highest BCUT2D eigenvalue weighted by molar-refractivity contribution is 5.94. The van der Waals surface area contributed by atoms with Crippen LogP contribution in [0.1, 0.15) is 36.0 Å². The molecule has 2 saturated heterocycles. The monoisotopic (exact) mass is 426 g/mol. The highest BCUT2D eigenvalue weighted by Crippen LogP contribution is 2.21. The Labute approximate surface area is 181 Å². The molecular weight excluding hydrogens is 399 g/mol. The van der Waals surface area contributed by atoms with Crippen LogP contribution in [0.2, 0.25) is 0 Å². The van der Waals surface area contributed by atoms with Gasteiger partial charge in [-0.2, -0.15) is 0 Å². The smallest absolute Gasteiger partial charge is 0.260 e. The van der Waals surface area contributed by atoms with Crippen LogP contribution in [0.3, 0.4) is 0 Å². The van der Waals surface area contributed by atoms with Gasteiger partial charge in [0, 0.05) is 25.2 Å². The second-order valence-electron chi connectivity index (χ2n) is 7.96. The molecule has 0 N–H and O–H groups in total. The summed E-state index contributed by atoms with van der Waals surface area (Å²) in [5.41, 5.74) is 0.671. The SMILES string of the molecule is O=C(c1ccc(OC[C@@H]2CCCN2C(=O)COc2ccc(F)cc2)cc1)N1CCCC1. The number of ether oxygens (including phenoxy) is 2. The third kappa shape index (κ3) is 5.34. The molecule has 4 rings (SSSR count). The highest BCUT2D eigenvalue weighted by Gasteiger charge is 2.29. The van der Waals surface area contributed by atoms with Crippen molar-refractivity contribution in [3.05, 3.63) is 59.9 Å². The quantitative estimate of drug-likeness (QED) is 0.680. The predicted octanol–water partition coefficient (Wildman–Crippen LogP) is 3.51. The van der Waals surface area contributed by atoms with Crippen molar-refractivity contribution < 1.29 is 23.5 Å². The first-order valence-corrected chi connectivity index (χ1v) is 10.8. The minimum atomic E-state index is -0.344. The summed E-state index contributed by atoms with van der Waals surface area (Å²) < 4.78 is 24.4. The zero-order chi connectivity index (χ0) is 21.6. The Morgan fingerprint density at radius 1 is 0.871 bits per heavy atom. The topological polar surface area (TPSA) is 59.1 Å². The maximum atomic E-state index is 13.0. The number of likely N-dealkylation sites (tertiary alicyclic amines) is 2. The van der Waals surface area contributed by atoms with E-state index in [0.717, 1.165) is 38.8 Å². The van der Waals surface area contributed by atoms with E-state index in [1.54, 1.807) is 17.0 Å². The van der Waals surface area contributed by atoms with Crippen LogP contribution in [0.25, 0.3) is 0 Å². The molecule has 2 aromatic carbocycles. The largest absolute Gasteiger partial charge is 0.491 e. The number of nitrogens with zero attached hydrogens (tertiary/aromatic N) is 2. The molecule has 2 amide bonds. The molecule has 164 valence electrons. The van der Waals surface area contributed by atoms with Crippen molar-refractivity contribution in [1.29, 1.82) is 0 Å². The molecule has 2 aromatic rings. The summed E-state index contributed by atoms with van der Waals surface area (Å²) in [5, 5.41) is 0. The molecule has 0 aromatic heterocycles. The zero-order valence-corrected chi connectivity index (χ0v) is 17.5. The van der Waals surface area contributed by atoms with E-state index in [2.05, 4.69) is 0 Å². The maximum absolute atomic E-state index is 13.0. The predicted molar refractivity (Wildman–Crippen MR) is 114 cm³/mol. The Bertz CT molecular complexity index is 895. The first-order valence-electron chi connectivity index (χ1n) is 10.8. The molecule has 0 radical (unpaired) electrons. The van der Waals surface area contributed by atoms with Gasteiger partial charge in [-0.3, -0.25) is 9.59 Å². The molecule has 0 unspecified atom stereocenters. The molecule has 7 heteroatoms. The van der Waals surface area contributed by atoms with Crippen molar-refractivity contribution in [2.75, 3.05) is 32.8 Å². The minimum absolute atomic E-state index is 0.0183. The number of carbonyl (C=O) groups excluding carboxylic acids is 2. The molecular formula is C24H27FN2O4. The minimum Gasteiger partial charge on any atom is -0.491 e. The van der Waals surface area contributed by atoms with Gasteiger partial charge < -0.3 is 19.3 Å². The van der Waals surface area contributed by atoms with Gasteiger partial charge in [0.25, 0.3) is 11.8 Å². The maximum Gasteiger partial charge on any atom is 0.260 e. The highest BCUT2D eigenvalue weighted by atomic mass is 19.1. The van der Waals surface area contributed by atoms with Gasteiger partial charge in [0.1, 0.15) is 23.9 Å². The lowest BCUT2D eigenvalue weighted by Gasteiger charge is -2.25. The Morgan fingerprint density at radius 3 is 2.23 bits per heavy atom. The van der Waals surface area contributed by atoms with E-state index in [1.165, 1.54) is 24.3 Å². The van der Waals surface area contributed by atoms with Crippen molar-refractivity contribution in [3.8, 4) is 11.5 Å². The van der Waals surface area contributed by atoms with Crippen molar-refractivity contribution >= 4 is 11.8 Å². The lowest BCUT2D eigenvalue weighted by molar-refractivity contribution is -0.134. The average molecular weight is 426 g/mol. The van der Waals surface area contributed by atoms with Gasteiger partial charge in [-0.05, 0) is 74.2 Å². The summed E-state index contributed by atoms with van der Waals surface area (Å²) in [6, 6.07) is 12.8. The van der Waals surface area contributed by atoms with Crippen LogP contribution < -0.4 is 9.47 Å². The molecule has 0 bridgehead atoms. The molecule has 0 spiro atoms. The van der Waals surface area contributed by atoms with Gasteiger partial charge in [0.2, 0.25) is 0 Å². The number of carbonyl (C=O) groups is 2. The van der Waals surface area contributed by atoms with Gasteiger partial charge in [-0.25, -0.2) is 4.39 Å². The van der Waals surface area contributed by atoms with Gasteiger partial charge in [0.15, 0.2) is 6.61 Å². The Balaban J connectivity index is 1.26. The summed E-state index contributed by atoms with van der Waals surface area (Å²) in [7, 11) is 0. The van der Waals surface area contributed by atoms with Gasteiger partial charge in [-0.1, -0.05) is 0 Å². The van der Waals surface area contributed by atoms with Crippen LogP contribution in [0.4, 0.5) is 4.39 Å². The first kappa shape index (κ1) is 21.2. The molecule has 0 aliphatic carbocycles. The van der Waals surface area contributed by atoms with E-state index in [4.69, 9.17) is 9.47 Å². The van der Waals surface area contributed by atoms with E-state index >= 15 is 0 Å². The lowest BCUT2D eigenvalue weighted by atomic mass is 10.2. The molecule has 31 heavy (non-hydrogen) atoms. The van der Waals surface area contributed by atoms with E-state index < -0.39 is 0 Å². The number of hydrogen-bond donors (Lipinski definition) is 0. The van der Waals surface area contributed by atoms with Gasteiger partial charge in [0.05, 0.1) is 6.04 Å². The normalized spacial score (nSPS) is 18.3. The summed E-state index contributed by atoms with van der Waals surface area (Å²) >= 11 is 0. The summed E-state index contributed by atoms with van der Waals surface area (Å²) in [6.07, 6.45) is 3.92. The van der Waals surface area contributed by atoms with Crippen molar-refractivity contribution in [2.45, 2.75) is 31.7 Å². The van der Waals surface area contributed by atoms with E-state index in [-0.39, 0.29) is 30.3 Å². The zero-order valence-electron chi connectivity index (χ0n) is 17.5. The number of hydrogen-bond acceptors (Lipinski definition) is 4. The van der Waals surface area contributed by atoms with E-state index in [1.807, 2.05) is 17.0 Å². The molecule has 1 atom stereocenters. The van der Waals surface area contributed by atoms with E-state index in [9.17, 15) is 14.0 Å². The fraction of sp³-hybridized carbons (Fsp3) is 0.417. The summed E-state index contributed by atoms with van der Waals surface area (Å²) in [5.74, 6) is 0.758. The average Bonchev–Trinajstić information content (AvgIpc) is 3.49. The lowest BCUT2D eigenvalue weighted by Crippen LogP contribution is -2.41. The summed E-state index contributed by atoms with van der Waals surface area (Å²) in [4.78, 5) is 28.7. The Hall–Kier alpha value is -3.09. The number of rotatable bonds is 7. The molecule has 2 fully saturated rings. The molecule has 6 nitrogen and oxygen atoms in total. The molecule has 2 aliphatic rings. The van der Waals surface area contributed by atoms with Crippen LogP contribution in [-0.2, 0) is 4.79 Å². The fourth-order valence-electron chi connectivity index (χ4n) is 4.09. The van der Waals surface area contributed by atoms with Crippen LogP contribution in [0, 0.1) is 5.82 Å². The van der Waals surface area contributed by atoms with Crippen LogP contribution >= 0.6 is 0 Å². The number of benzene rings is 2. The first-order chi connectivity index (χ1) is 15.1. The van der Waals surface area contributed by atoms with Crippen molar-refractivity contribution in [1.82, 2.24) is 9.80 Å². The second kappa shape index (κ2) is 9.81. The second-order valence-corrected chi connectivity index (χ2v) is 7.96. The third-order valence-electron chi connectivity index (χ3n) is 5.81. The molecule has 2 heterocycles. The van der Waals surface area contributed by atoms with Crippen molar-refractivity contribution in [3.63, 3.8) is 0 Å².